The molecule has 2 aromatic rings. The van der Waals surface area contributed by atoms with Gasteiger partial charge in [-0.1, -0.05) is 29.4 Å². The van der Waals surface area contributed by atoms with Crippen LogP contribution in [0, 0.1) is 0 Å². The van der Waals surface area contributed by atoms with Gasteiger partial charge in [0.1, 0.15) is 11.0 Å². The highest BCUT2D eigenvalue weighted by Crippen LogP contribution is 2.31. The van der Waals surface area contributed by atoms with E-state index in [2.05, 4.69) is 10.3 Å². The third-order valence-electron chi connectivity index (χ3n) is 3.92. The Morgan fingerprint density at radius 3 is 2.70 bits per heavy atom. The average molecular weight is 404 g/mol. The molecule has 3 rings (SSSR count). The first-order valence-corrected chi connectivity index (χ1v) is 9.44. The first kappa shape index (κ1) is 19.3. The summed E-state index contributed by atoms with van der Waals surface area (Å²) >= 11 is 7.25. The number of ether oxygens (including phenoxy) is 1. The van der Waals surface area contributed by atoms with Crippen molar-refractivity contribution in [3.8, 4) is 5.75 Å². The smallest absolute Gasteiger partial charge is 0.242 e. The summed E-state index contributed by atoms with van der Waals surface area (Å²) in [6, 6.07) is 14.1. The third kappa shape index (κ3) is 4.81. The number of methoxy groups -OCH3 is 1. The molecule has 0 unspecified atom stereocenters. The second-order valence-electron chi connectivity index (χ2n) is 5.86. The SMILES string of the molecule is COc1ccc(NC(=O)C[C@@H]2SC(=Nc3cccc(Cl)c3)N(C)C2=O)cc1. The Morgan fingerprint density at radius 2 is 2.04 bits per heavy atom. The monoisotopic (exact) mass is 403 g/mol. The van der Waals surface area contributed by atoms with Crippen LogP contribution in [-0.4, -0.2) is 41.3 Å². The van der Waals surface area contributed by atoms with Crippen molar-refractivity contribution >= 4 is 51.7 Å². The van der Waals surface area contributed by atoms with Gasteiger partial charge < -0.3 is 10.1 Å². The maximum Gasteiger partial charge on any atom is 0.242 e. The largest absolute Gasteiger partial charge is 0.497 e. The quantitative estimate of drug-likeness (QED) is 0.820. The summed E-state index contributed by atoms with van der Waals surface area (Å²) in [7, 11) is 3.23. The van der Waals surface area contributed by atoms with E-state index in [1.165, 1.54) is 16.7 Å². The zero-order valence-corrected chi connectivity index (χ0v) is 16.4. The molecule has 1 heterocycles. The van der Waals surface area contributed by atoms with Gasteiger partial charge in [0.15, 0.2) is 5.17 Å². The molecule has 1 N–H and O–H groups in total. The molecule has 1 aliphatic rings. The lowest BCUT2D eigenvalue weighted by molar-refractivity contribution is -0.127. The minimum atomic E-state index is -0.508. The molecule has 0 aliphatic carbocycles. The van der Waals surface area contributed by atoms with Crippen LogP contribution in [0.4, 0.5) is 11.4 Å². The van der Waals surface area contributed by atoms with Crippen molar-refractivity contribution in [1.29, 1.82) is 0 Å². The van der Waals surface area contributed by atoms with Gasteiger partial charge in [0.2, 0.25) is 11.8 Å². The van der Waals surface area contributed by atoms with Gasteiger partial charge in [-0.15, -0.1) is 0 Å². The number of benzene rings is 2. The lowest BCUT2D eigenvalue weighted by atomic mass is 10.2. The molecule has 140 valence electrons. The second kappa shape index (κ2) is 8.45. The van der Waals surface area contributed by atoms with Crippen LogP contribution in [0.5, 0.6) is 5.75 Å². The number of nitrogens with zero attached hydrogens (tertiary/aromatic N) is 2. The maximum absolute atomic E-state index is 12.4. The van der Waals surface area contributed by atoms with E-state index in [1.807, 2.05) is 6.07 Å². The number of anilines is 1. The van der Waals surface area contributed by atoms with Crippen molar-refractivity contribution in [2.24, 2.45) is 4.99 Å². The Bertz CT molecular complexity index is 886. The summed E-state index contributed by atoms with van der Waals surface area (Å²) < 4.78 is 5.09. The molecule has 1 aliphatic heterocycles. The standard InChI is InChI=1S/C19H18ClN3O3S/c1-23-18(25)16(27-19(23)22-14-5-3-4-12(20)10-14)11-17(24)21-13-6-8-15(26-2)9-7-13/h3-10,16H,11H2,1-2H3,(H,21,24)/t16-/m0/s1. The summed E-state index contributed by atoms with van der Waals surface area (Å²) in [5, 5.41) is 3.40. The van der Waals surface area contributed by atoms with E-state index in [0.717, 1.165) is 0 Å². The fraction of sp³-hybridized carbons (Fsp3) is 0.211. The average Bonchev–Trinajstić information content (AvgIpc) is 2.90. The maximum atomic E-state index is 12.4. The van der Waals surface area contributed by atoms with Gasteiger partial charge in [0.05, 0.1) is 12.8 Å². The minimum absolute atomic E-state index is 0.0639. The Hall–Kier alpha value is -2.51. The van der Waals surface area contributed by atoms with Gasteiger partial charge in [0, 0.05) is 24.2 Å². The Labute approximate surface area is 166 Å². The first-order valence-electron chi connectivity index (χ1n) is 8.18. The summed E-state index contributed by atoms with van der Waals surface area (Å²) in [4.78, 5) is 30.7. The molecule has 1 fully saturated rings. The van der Waals surface area contributed by atoms with Gasteiger partial charge in [0.25, 0.3) is 0 Å². The first-order chi connectivity index (χ1) is 13.0. The second-order valence-corrected chi connectivity index (χ2v) is 7.47. The predicted octanol–water partition coefficient (Wildman–Crippen LogP) is 3.94. The highest BCUT2D eigenvalue weighted by molar-refractivity contribution is 8.15. The van der Waals surface area contributed by atoms with Crippen molar-refractivity contribution in [1.82, 2.24) is 4.90 Å². The number of rotatable bonds is 5. The molecule has 0 radical (unpaired) electrons. The van der Waals surface area contributed by atoms with Crippen molar-refractivity contribution in [2.75, 3.05) is 19.5 Å². The molecule has 1 atom stereocenters. The lowest BCUT2D eigenvalue weighted by Crippen LogP contribution is -2.30. The predicted molar refractivity (Wildman–Crippen MR) is 109 cm³/mol. The number of halogens is 1. The Morgan fingerprint density at radius 1 is 1.30 bits per heavy atom. The third-order valence-corrected chi connectivity index (χ3v) is 5.38. The number of aliphatic imine (C=N–C) groups is 1. The van der Waals surface area contributed by atoms with Crippen LogP contribution in [0.1, 0.15) is 6.42 Å². The number of hydrogen-bond acceptors (Lipinski definition) is 5. The zero-order chi connectivity index (χ0) is 19.4. The van der Waals surface area contributed by atoms with Crippen LogP contribution >= 0.6 is 23.4 Å². The van der Waals surface area contributed by atoms with Crippen LogP contribution in [0.2, 0.25) is 5.02 Å². The van der Waals surface area contributed by atoms with Crippen molar-refractivity contribution < 1.29 is 14.3 Å². The number of amidine groups is 1. The molecular weight excluding hydrogens is 386 g/mol. The van der Waals surface area contributed by atoms with E-state index in [9.17, 15) is 9.59 Å². The number of carbonyl (C=O) groups excluding carboxylic acids is 2. The van der Waals surface area contributed by atoms with E-state index in [-0.39, 0.29) is 18.2 Å². The van der Waals surface area contributed by atoms with Gasteiger partial charge in [-0.2, -0.15) is 0 Å². The number of nitrogens with one attached hydrogen (secondary N) is 1. The van der Waals surface area contributed by atoms with Crippen LogP contribution in [0.25, 0.3) is 0 Å². The molecule has 0 bridgehead atoms. The van der Waals surface area contributed by atoms with E-state index in [4.69, 9.17) is 16.3 Å². The number of carbonyl (C=O) groups is 2. The molecule has 0 aromatic heterocycles. The van der Waals surface area contributed by atoms with Crippen molar-refractivity contribution in [3.63, 3.8) is 0 Å². The fourth-order valence-corrected chi connectivity index (χ4v) is 3.85. The molecule has 0 saturated carbocycles. The van der Waals surface area contributed by atoms with Gasteiger partial charge in [-0.25, -0.2) is 4.99 Å². The number of thioether (sulfide) groups is 1. The van der Waals surface area contributed by atoms with Gasteiger partial charge >= 0.3 is 0 Å². The van der Waals surface area contributed by atoms with Crippen molar-refractivity contribution in [2.45, 2.75) is 11.7 Å². The Balaban J connectivity index is 1.64. The molecule has 2 aromatic carbocycles. The molecule has 27 heavy (non-hydrogen) atoms. The van der Waals surface area contributed by atoms with Crippen LogP contribution in [0.3, 0.4) is 0 Å². The van der Waals surface area contributed by atoms with Crippen LogP contribution in [-0.2, 0) is 9.59 Å². The molecule has 6 nitrogen and oxygen atoms in total. The highest BCUT2D eigenvalue weighted by Gasteiger charge is 2.37. The van der Waals surface area contributed by atoms with E-state index < -0.39 is 5.25 Å². The van der Waals surface area contributed by atoms with E-state index in [0.29, 0.717) is 27.3 Å². The number of hydrogen-bond donors (Lipinski definition) is 1. The topological polar surface area (TPSA) is 71.0 Å². The fourth-order valence-electron chi connectivity index (χ4n) is 2.51. The summed E-state index contributed by atoms with van der Waals surface area (Å²) in [5.74, 6) is 0.326. The van der Waals surface area contributed by atoms with Crippen LogP contribution < -0.4 is 10.1 Å². The highest BCUT2D eigenvalue weighted by atomic mass is 35.5. The zero-order valence-electron chi connectivity index (χ0n) is 14.8. The van der Waals surface area contributed by atoms with Crippen LogP contribution in [0.15, 0.2) is 53.5 Å². The minimum Gasteiger partial charge on any atom is -0.497 e. The number of amides is 2. The van der Waals surface area contributed by atoms with E-state index >= 15 is 0 Å². The molecule has 0 spiro atoms. The summed E-state index contributed by atoms with van der Waals surface area (Å²) in [6.45, 7) is 0. The molecular formula is C19H18ClN3O3S. The molecule has 2 amide bonds. The van der Waals surface area contributed by atoms with Gasteiger partial charge in [-0.3, -0.25) is 14.5 Å². The normalized spacial score (nSPS) is 18.0. The van der Waals surface area contributed by atoms with Crippen molar-refractivity contribution in [3.05, 3.63) is 53.6 Å². The Kier molecular flexibility index (Phi) is 6.03. The summed E-state index contributed by atoms with van der Waals surface area (Å²) in [6.07, 6.45) is 0.0639. The lowest BCUT2D eigenvalue weighted by Gasteiger charge is -2.09. The molecule has 1 saturated heterocycles. The van der Waals surface area contributed by atoms with E-state index in [1.54, 1.807) is 56.6 Å². The molecule has 8 heteroatoms. The summed E-state index contributed by atoms with van der Waals surface area (Å²) in [5.41, 5.74) is 1.31. The van der Waals surface area contributed by atoms with Gasteiger partial charge in [-0.05, 0) is 42.5 Å².